The lowest BCUT2D eigenvalue weighted by molar-refractivity contribution is -0.118. The third-order valence-corrected chi connectivity index (χ3v) is 6.34. The Morgan fingerprint density at radius 3 is 2.59 bits per heavy atom. The second-order valence-electron chi connectivity index (χ2n) is 7.14. The zero-order valence-electron chi connectivity index (χ0n) is 16.2. The Kier molecular flexibility index (Phi) is 4.87. The van der Waals surface area contributed by atoms with Crippen LogP contribution in [0, 0.1) is 13.8 Å². The summed E-state index contributed by atoms with van der Waals surface area (Å²) in [4.78, 5) is 12.5. The summed E-state index contributed by atoms with van der Waals surface area (Å²) in [6, 6.07) is 14.8. The molecule has 150 valence electrons. The maximum atomic E-state index is 12.5. The molecule has 0 saturated heterocycles. The number of carbonyl (C=O) groups excluding carboxylic acids is 1. The Morgan fingerprint density at radius 1 is 1.10 bits per heavy atom. The van der Waals surface area contributed by atoms with Crippen LogP contribution in [0.15, 0.2) is 48.5 Å². The van der Waals surface area contributed by atoms with E-state index in [4.69, 9.17) is 4.74 Å². The number of carbonyl (C=O) groups is 1. The number of para-hydroxylation sites is 1. The molecule has 0 unspecified atom stereocenters. The Hall–Kier alpha value is -3.13. The van der Waals surface area contributed by atoms with Gasteiger partial charge in [0.05, 0.1) is 22.9 Å². The highest BCUT2D eigenvalue weighted by molar-refractivity contribution is 7.90. The average molecular weight is 411 g/mol. The lowest BCUT2D eigenvalue weighted by Gasteiger charge is -2.13. The summed E-state index contributed by atoms with van der Waals surface area (Å²) in [7, 11) is -3.25. The minimum Gasteiger partial charge on any atom is -0.484 e. The zero-order valence-corrected chi connectivity index (χ0v) is 17.0. The molecule has 2 aromatic carbocycles. The van der Waals surface area contributed by atoms with Gasteiger partial charge in [-0.25, -0.2) is 13.1 Å². The van der Waals surface area contributed by atoms with Crippen LogP contribution in [0.4, 0.5) is 5.82 Å². The highest BCUT2D eigenvalue weighted by atomic mass is 32.2. The van der Waals surface area contributed by atoms with Gasteiger partial charge in [0.25, 0.3) is 5.91 Å². The van der Waals surface area contributed by atoms with E-state index in [1.54, 1.807) is 16.8 Å². The monoisotopic (exact) mass is 411 g/mol. The van der Waals surface area contributed by atoms with Gasteiger partial charge in [0.2, 0.25) is 0 Å². The normalized spacial score (nSPS) is 14.4. The lowest BCUT2D eigenvalue weighted by Crippen LogP contribution is -2.22. The molecule has 2 heterocycles. The molecule has 0 fully saturated rings. The molecule has 0 spiro atoms. The number of ether oxygens (including phenoxy) is 1. The van der Waals surface area contributed by atoms with Crippen molar-refractivity contribution in [3.05, 3.63) is 70.9 Å². The zero-order chi connectivity index (χ0) is 20.6. The number of sulfone groups is 1. The number of rotatable bonds is 5. The fraction of sp³-hybridized carbons (Fsp3) is 0.238. The molecule has 0 aliphatic carbocycles. The van der Waals surface area contributed by atoms with Crippen molar-refractivity contribution < 1.29 is 17.9 Å². The number of hydrogen-bond donors (Lipinski definition) is 1. The van der Waals surface area contributed by atoms with E-state index in [0.29, 0.717) is 22.8 Å². The smallest absolute Gasteiger partial charge is 0.263 e. The van der Waals surface area contributed by atoms with Crippen molar-refractivity contribution in [2.45, 2.75) is 25.4 Å². The largest absolute Gasteiger partial charge is 0.484 e. The molecule has 1 aliphatic heterocycles. The van der Waals surface area contributed by atoms with Gasteiger partial charge >= 0.3 is 0 Å². The van der Waals surface area contributed by atoms with E-state index >= 15 is 0 Å². The van der Waals surface area contributed by atoms with E-state index in [1.807, 2.05) is 50.2 Å². The number of fused-ring (bicyclic) bond motifs is 1. The molecule has 1 N–H and O–H groups in total. The number of anilines is 1. The first-order chi connectivity index (χ1) is 13.8. The highest BCUT2D eigenvalue weighted by Gasteiger charge is 2.33. The minimum atomic E-state index is -3.25. The summed E-state index contributed by atoms with van der Waals surface area (Å²) in [5.41, 5.74) is 3.99. The van der Waals surface area contributed by atoms with Crippen LogP contribution in [0.5, 0.6) is 5.75 Å². The molecule has 1 aliphatic rings. The van der Waals surface area contributed by atoms with E-state index in [1.165, 1.54) is 0 Å². The van der Waals surface area contributed by atoms with E-state index in [9.17, 15) is 13.2 Å². The minimum absolute atomic E-state index is 0.121. The third-order valence-electron chi connectivity index (χ3n) is 4.89. The SMILES string of the molecule is Cc1ccc(-n2nc3c(c2NC(=O)COc2ccccc2)CS(=O)(=O)C3)cc1C. The summed E-state index contributed by atoms with van der Waals surface area (Å²) in [6.07, 6.45) is 0. The lowest BCUT2D eigenvalue weighted by atomic mass is 10.1. The molecular formula is C21H21N3O4S. The van der Waals surface area contributed by atoms with Crippen molar-refractivity contribution in [3.63, 3.8) is 0 Å². The topological polar surface area (TPSA) is 90.3 Å². The van der Waals surface area contributed by atoms with E-state index in [2.05, 4.69) is 10.4 Å². The van der Waals surface area contributed by atoms with Crippen molar-refractivity contribution in [2.24, 2.45) is 0 Å². The van der Waals surface area contributed by atoms with Gasteiger partial charge in [-0.2, -0.15) is 5.10 Å². The predicted octanol–water partition coefficient (Wildman–Crippen LogP) is 2.94. The molecule has 29 heavy (non-hydrogen) atoms. The van der Waals surface area contributed by atoms with E-state index in [0.717, 1.165) is 16.8 Å². The Labute approximate surface area is 169 Å². The van der Waals surface area contributed by atoms with Gasteiger partial charge in [-0.05, 0) is 49.2 Å². The first-order valence-electron chi connectivity index (χ1n) is 9.19. The second-order valence-corrected chi connectivity index (χ2v) is 9.20. The molecule has 0 saturated carbocycles. The first kappa shape index (κ1) is 19.2. The van der Waals surface area contributed by atoms with Gasteiger partial charge in [-0.3, -0.25) is 4.79 Å². The highest BCUT2D eigenvalue weighted by Crippen LogP contribution is 2.33. The molecule has 0 bridgehead atoms. The summed E-state index contributed by atoms with van der Waals surface area (Å²) in [5, 5.41) is 7.28. The molecular weight excluding hydrogens is 390 g/mol. The van der Waals surface area contributed by atoms with Crippen LogP contribution in [0.1, 0.15) is 22.4 Å². The number of nitrogens with zero attached hydrogens (tertiary/aromatic N) is 2. The number of benzene rings is 2. The van der Waals surface area contributed by atoms with Crippen LogP contribution < -0.4 is 10.1 Å². The molecule has 8 heteroatoms. The average Bonchev–Trinajstić information content (AvgIpc) is 3.16. The van der Waals surface area contributed by atoms with Crippen LogP contribution in [-0.4, -0.2) is 30.7 Å². The molecule has 0 radical (unpaired) electrons. The number of aromatic nitrogens is 2. The third kappa shape index (κ3) is 4.02. The maximum absolute atomic E-state index is 12.5. The maximum Gasteiger partial charge on any atom is 0.263 e. The number of nitrogens with one attached hydrogen (secondary N) is 1. The molecule has 0 atom stereocenters. The Bertz CT molecular complexity index is 1180. The first-order valence-corrected chi connectivity index (χ1v) is 11.0. The quantitative estimate of drug-likeness (QED) is 0.697. The second kappa shape index (κ2) is 7.36. The summed E-state index contributed by atoms with van der Waals surface area (Å²) in [5.74, 6) is 0.321. The number of amides is 1. The summed E-state index contributed by atoms with van der Waals surface area (Å²) >= 11 is 0. The van der Waals surface area contributed by atoms with Gasteiger partial charge in [-0.15, -0.1) is 0 Å². The van der Waals surface area contributed by atoms with E-state index < -0.39 is 9.84 Å². The van der Waals surface area contributed by atoms with Gasteiger partial charge in [0, 0.05) is 5.56 Å². The van der Waals surface area contributed by atoms with Crippen LogP contribution in [-0.2, 0) is 26.1 Å². The van der Waals surface area contributed by atoms with Crippen LogP contribution >= 0.6 is 0 Å². The van der Waals surface area contributed by atoms with Crippen molar-refractivity contribution in [1.82, 2.24) is 9.78 Å². The van der Waals surface area contributed by atoms with Crippen LogP contribution in [0.25, 0.3) is 5.69 Å². The van der Waals surface area contributed by atoms with Crippen LogP contribution in [0.3, 0.4) is 0 Å². The van der Waals surface area contributed by atoms with Gasteiger partial charge in [-0.1, -0.05) is 24.3 Å². The summed E-state index contributed by atoms with van der Waals surface area (Å²) < 4.78 is 31.2. The van der Waals surface area contributed by atoms with E-state index in [-0.39, 0.29) is 24.0 Å². The molecule has 1 amide bonds. The Balaban J connectivity index is 1.64. The van der Waals surface area contributed by atoms with Crippen molar-refractivity contribution in [2.75, 3.05) is 11.9 Å². The van der Waals surface area contributed by atoms with Crippen LogP contribution in [0.2, 0.25) is 0 Å². The number of aryl methyl sites for hydroxylation is 2. The molecule has 1 aromatic heterocycles. The predicted molar refractivity (Wildman–Crippen MR) is 110 cm³/mol. The Morgan fingerprint density at radius 2 is 1.86 bits per heavy atom. The fourth-order valence-corrected chi connectivity index (χ4v) is 4.74. The van der Waals surface area contributed by atoms with Crippen molar-refractivity contribution >= 4 is 21.6 Å². The van der Waals surface area contributed by atoms with Gasteiger partial charge in [0.15, 0.2) is 16.4 Å². The van der Waals surface area contributed by atoms with Gasteiger partial charge < -0.3 is 10.1 Å². The standard InChI is InChI=1S/C21H21N3O4S/c1-14-8-9-16(10-15(14)2)24-21(18-12-29(26,27)13-19(18)23-24)22-20(25)11-28-17-6-4-3-5-7-17/h3-10H,11-13H2,1-2H3,(H,22,25). The molecule has 3 aromatic rings. The fourth-order valence-electron chi connectivity index (χ4n) is 3.25. The van der Waals surface area contributed by atoms with Gasteiger partial charge in [0.1, 0.15) is 11.6 Å². The summed E-state index contributed by atoms with van der Waals surface area (Å²) in [6.45, 7) is 3.81. The van der Waals surface area contributed by atoms with Crippen molar-refractivity contribution in [3.8, 4) is 11.4 Å². The number of hydrogen-bond acceptors (Lipinski definition) is 5. The molecule has 4 rings (SSSR count). The molecule has 7 nitrogen and oxygen atoms in total. The van der Waals surface area contributed by atoms with Crippen molar-refractivity contribution in [1.29, 1.82) is 0 Å².